The molecule has 0 saturated carbocycles. The van der Waals surface area contributed by atoms with Crippen LogP contribution in [0.2, 0.25) is 0 Å². The summed E-state index contributed by atoms with van der Waals surface area (Å²) < 4.78 is 0. The van der Waals surface area contributed by atoms with E-state index in [9.17, 15) is 0 Å². The molecule has 0 atom stereocenters. The van der Waals surface area contributed by atoms with Crippen LogP contribution in [0.15, 0.2) is 36.4 Å². The van der Waals surface area contributed by atoms with Gasteiger partial charge in [0.25, 0.3) is 0 Å². The molecule has 1 fully saturated rings. The van der Waals surface area contributed by atoms with Crippen LogP contribution in [0.25, 0.3) is 20.7 Å². The van der Waals surface area contributed by atoms with Crippen molar-refractivity contribution in [3.63, 3.8) is 0 Å². The smallest absolute Gasteiger partial charge is 0.141 e. The Morgan fingerprint density at radius 3 is 2.57 bits per heavy atom. The normalized spacial score (nSPS) is 16.2. The van der Waals surface area contributed by atoms with Crippen molar-refractivity contribution >= 4 is 27.4 Å². The van der Waals surface area contributed by atoms with E-state index < -0.39 is 0 Å². The summed E-state index contributed by atoms with van der Waals surface area (Å²) in [5, 5.41) is 1.20. The summed E-state index contributed by atoms with van der Waals surface area (Å²) in [6, 6.07) is 12.8. The lowest BCUT2D eigenvalue weighted by Crippen LogP contribution is -2.33. The van der Waals surface area contributed by atoms with Gasteiger partial charge in [0.05, 0.1) is 5.39 Å². The van der Waals surface area contributed by atoms with E-state index >= 15 is 0 Å². The van der Waals surface area contributed by atoms with E-state index in [0.717, 1.165) is 35.5 Å². The number of hydrogen-bond acceptors (Lipinski definition) is 4. The number of piperidine rings is 1. The number of thiophene rings is 1. The van der Waals surface area contributed by atoms with Gasteiger partial charge in [0.1, 0.15) is 16.5 Å². The molecule has 1 saturated heterocycles. The SMILES string of the molecule is Cc1nc(N2CCC(C)CC2)c2cc(-c3ccccc3)sc2n1. The molecule has 2 aromatic heterocycles. The maximum Gasteiger partial charge on any atom is 0.141 e. The number of fused-ring (bicyclic) bond motifs is 1. The topological polar surface area (TPSA) is 29.0 Å². The quantitative estimate of drug-likeness (QED) is 0.671. The van der Waals surface area contributed by atoms with Gasteiger partial charge in [-0.2, -0.15) is 0 Å². The van der Waals surface area contributed by atoms with Gasteiger partial charge in [-0.1, -0.05) is 37.3 Å². The summed E-state index contributed by atoms with van der Waals surface area (Å²) in [5.74, 6) is 2.82. The molecule has 1 aliphatic rings. The van der Waals surface area contributed by atoms with E-state index in [2.05, 4.69) is 53.2 Å². The molecule has 23 heavy (non-hydrogen) atoms. The predicted octanol–water partition coefficient (Wildman–Crippen LogP) is 4.90. The van der Waals surface area contributed by atoms with Crippen molar-refractivity contribution in [1.82, 2.24) is 9.97 Å². The van der Waals surface area contributed by atoms with Gasteiger partial charge >= 0.3 is 0 Å². The molecular formula is C19H21N3S. The lowest BCUT2D eigenvalue weighted by atomic mass is 9.99. The summed E-state index contributed by atoms with van der Waals surface area (Å²) in [5.41, 5.74) is 1.26. The van der Waals surface area contributed by atoms with E-state index in [1.54, 1.807) is 11.3 Å². The van der Waals surface area contributed by atoms with Gasteiger partial charge in [-0.25, -0.2) is 9.97 Å². The molecule has 4 heteroatoms. The van der Waals surface area contributed by atoms with Crippen molar-refractivity contribution in [2.75, 3.05) is 18.0 Å². The van der Waals surface area contributed by atoms with Crippen LogP contribution in [-0.4, -0.2) is 23.1 Å². The Hall–Kier alpha value is -1.94. The Balaban J connectivity index is 1.80. The molecule has 0 aliphatic carbocycles. The van der Waals surface area contributed by atoms with Gasteiger partial charge in [-0.3, -0.25) is 0 Å². The van der Waals surface area contributed by atoms with E-state index in [4.69, 9.17) is 4.98 Å². The first kappa shape index (κ1) is 14.6. The van der Waals surface area contributed by atoms with Crippen LogP contribution in [0.5, 0.6) is 0 Å². The van der Waals surface area contributed by atoms with Gasteiger partial charge in [0.2, 0.25) is 0 Å². The second kappa shape index (κ2) is 5.93. The highest BCUT2D eigenvalue weighted by atomic mass is 32.1. The van der Waals surface area contributed by atoms with E-state index in [1.165, 1.54) is 28.7 Å². The van der Waals surface area contributed by atoms with E-state index in [1.807, 2.05) is 6.92 Å². The molecule has 0 N–H and O–H groups in total. The fourth-order valence-corrected chi connectivity index (χ4v) is 4.29. The molecule has 0 amide bonds. The maximum absolute atomic E-state index is 4.78. The highest BCUT2D eigenvalue weighted by molar-refractivity contribution is 7.21. The van der Waals surface area contributed by atoms with Gasteiger partial charge in [-0.05, 0) is 37.3 Å². The van der Waals surface area contributed by atoms with Gasteiger partial charge in [0, 0.05) is 18.0 Å². The Kier molecular flexibility index (Phi) is 3.77. The highest BCUT2D eigenvalue weighted by Gasteiger charge is 2.21. The molecule has 1 aromatic carbocycles. The van der Waals surface area contributed by atoms with Gasteiger partial charge in [-0.15, -0.1) is 11.3 Å². The van der Waals surface area contributed by atoms with Crippen LogP contribution in [-0.2, 0) is 0 Å². The van der Waals surface area contributed by atoms with Crippen molar-refractivity contribution in [1.29, 1.82) is 0 Å². The molecular weight excluding hydrogens is 302 g/mol. The Bertz CT molecular complexity index is 817. The Morgan fingerprint density at radius 2 is 1.83 bits per heavy atom. The summed E-state index contributed by atoms with van der Waals surface area (Å²) in [7, 11) is 0. The molecule has 3 heterocycles. The first-order valence-corrected chi connectivity index (χ1v) is 9.11. The van der Waals surface area contributed by atoms with Crippen LogP contribution in [0.4, 0.5) is 5.82 Å². The first-order chi connectivity index (χ1) is 11.2. The molecule has 3 nitrogen and oxygen atoms in total. The summed E-state index contributed by atoms with van der Waals surface area (Å²) in [6.45, 7) is 6.54. The Morgan fingerprint density at radius 1 is 1.09 bits per heavy atom. The van der Waals surface area contributed by atoms with Crippen molar-refractivity contribution in [2.24, 2.45) is 5.92 Å². The van der Waals surface area contributed by atoms with Crippen molar-refractivity contribution in [3.8, 4) is 10.4 Å². The third-order valence-corrected chi connectivity index (χ3v) is 5.70. The summed E-state index contributed by atoms with van der Waals surface area (Å²) in [4.78, 5) is 14.3. The number of nitrogens with zero attached hydrogens (tertiary/aromatic N) is 3. The molecule has 1 aliphatic heterocycles. The van der Waals surface area contributed by atoms with Crippen molar-refractivity contribution in [2.45, 2.75) is 26.7 Å². The zero-order chi connectivity index (χ0) is 15.8. The van der Waals surface area contributed by atoms with Crippen LogP contribution in [0, 0.1) is 12.8 Å². The minimum absolute atomic E-state index is 0.826. The summed E-state index contributed by atoms with van der Waals surface area (Å²) in [6.07, 6.45) is 2.50. The number of aromatic nitrogens is 2. The average Bonchev–Trinajstić information content (AvgIpc) is 2.99. The third-order valence-electron chi connectivity index (χ3n) is 4.63. The second-order valence-corrected chi connectivity index (χ2v) is 7.49. The average molecular weight is 323 g/mol. The van der Waals surface area contributed by atoms with Crippen LogP contribution in [0.1, 0.15) is 25.6 Å². The number of benzene rings is 1. The van der Waals surface area contributed by atoms with Gasteiger partial charge in [0.15, 0.2) is 0 Å². The van der Waals surface area contributed by atoms with E-state index in [0.29, 0.717) is 0 Å². The molecule has 0 spiro atoms. The van der Waals surface area contributed by atoms with Gasteiger partial charge < -0.3 is 4.90 Å². The van der Waals surface area contributed by atoms with Crippen LogP contribution >= 0.6 is 11.3 Å². The van der Waals surface area contributed by atoms with Crippen LogP contribution in [0.3, 0.4) is 0 Å². The molecule has 4 rings (SSSR count). The lowest BCUT2D eigenvalue weighted by molar-refractivity contribution is 0.437. The molecule has 0 unspecified atom stereocenters. The lowest BCUT2D eigenvalue weighted by Gasteiger charge is -2.31. The largest absolute Gasteiger partial charge is 0.356 e. The molecule has 0 bridgehead atoms. The fourth-order valence-electron chi connectivity index (χ4n) is 3.22. The fraction of sp³-hybridized carbons (Fsp3) is 0.368. The zero-order valence-electron chi connectivity index (χ0n) is 13.6. The molecule has 118 valence electrons. The first-order valence-electron chi connectivity index (χ1n) is 8.29. The monoisotopic (exact) mass is 323 g/mol. The molecule has 0 radical (unpaired) electrons. The Labute approximate surface area is 141 Å². The number of aryl methyl sites for hydroxylation is 1. The third kappa shape index (κ3) is 2.83. The zero-order valence-corrected chi connectivity index (χ0v) is 14.4. The number of anilines is 1. The van der Waals surface area contributed by atoms with Crippen LogP contribution < -0.4 is 4.90 Å². The number of hydrogen-bond donors (Lipinski definition) is 0. The maximum atomic E-state index is 4.78. The van der Waals surface area contributed by atoms with Crippen molar-refractivity contribution in [3.05, 3.63) is 42.2 Å². The molecule has 3 aromatic rings. The summed E-state index contributed by atoms with van der Waals surface area (Å²) >= 11 is 1.77. The highest BCUT2D eigenvalue weighted by Crippen LogP contribution is 2.37. The van der Waals surface area contributed by atoms with Crippen molar-refractivity contribution < 1.29 is 0 Å². The minimum Gasteiger partial charge on any atom is -0.356 e. The minimum atomic E-state index is 0.826. The second-order valence-electron chi connectivity index (χ2n) is 6.46. The predicted molar refractivity (Wildman–Crippen MR) is 98.2 cm³/mol. The number of rotatable bonds is 2. The standard InChI is InChI=1S/C19H21N3S/c1-13-8-10-22(11-9-13)18-16-12-17(15-6-4-3-5-7-15)23-19(16)21-14(2)20-18/h3-7,12-13H,8-11H2,1-2H3. The van der Waals surface area contributed by atoms with E-state index in [-0.39, 0.29) is 0 Å².